The number of hydrogen-bond acceptors (Lipinski definition) is 5. The van der Waals surface area contributed by atoms with Gasteiger partial charge in [-0.25, -0.2) is 0 Å². The van der Waals surface area contributed by atoms with Crippen molar-refractivity contribution in [1.82, 2.24) is 15.1 Å². The minimum atomic E-state index is 0.135. The number of nitrogens with zero attached hydrogens (tertiary/aromatic N) is 2. The average Bonchev–Trinajstić information content (AvgIpc) is 2.76. The Labute approximate surface area is 171 Å². The van der Waals surface area contributed by atoms with Gasteiger partial charge in [0.25, 0.3) is 0 Å². The highest BCUT2D eigenvalue weighted by atomic mass is 16.5. The van der Waals surface area contributed by atoms with Crippen molar-refractivity contribution in [2.75, 3.05) is 52.4 Å². The molecule has 0 unspecified atom stereocenters. The van der Waals surface area contributed by atoms with E-state index in [1.54, 1.807) is 6.92 Å². The van der Waals surface area contributed by atoms with Crippen LogP contribution in [0.4, 0.5) is 0 Å². The second-order valence-corrected chi connectivity index (χ2v) is 8.15. The summed E-state index contributed by atoms with van der Waals surface area (Å²) in [6.45, 7) is 13.5. The summed E-state index contributed by atoms with van der Waals surface area (Å²) in [6, 6.07) is 0. The van der Waals surface area contributed by atoms with E-state index in [4.69, 9.17) is 4.74 Å². The molecular weight excluding hydrogens is 354 g/mol. The number of piperazine rings is 1. The van der Waals surface area contributed by atoms with Gasteiger partial charge in [0.05, 0.1) is 12.7 Å². The van der Waals surface area contributed by atoms with E-state index < -0.39 is 0 Å². The topological polar surface area (TPSA) is 61.9 Å². The van der Waals surface area contributed by atoms with Crippen LogP contribution in [0.25, 0.3) is 0 Å². The van der Waals surface area contributed by atoms with E-state index in [1.807, 2.05) is 18.7 Å². The molecule has 0 bridgehead atoms. The molecule has 1 N–H and O–H groups in total. The van der Waals surface area contributed by atoms with Crippen molar-refractivity contribution in [3.63, 3.8) is 0 Å². The first-order valence-electron chi connectivity index (χ1n) is 11.5. The monoisotopic (exact) mass is 395 g/mol. The van der Waals surface area contributed by atoms with Crippen LogP contribution in [0.2, 0.25) is 0 Å². The van der Waals surface area contributed by atoms with E-state index in [0.717, 1.165) is 90.9 Å². The summed E-state index contributed by atoms with van der Waals surface area (Å²) in [4.78, 5) is 28.7. The predicted octanol–water partition coefficient (Wildman–Crippen LogP) is 2.32. The summed E-state index contributed by atoms with van der Waals surface area (Å²) in [5.41, 5.74) is 0. The highest BCUT2D eigenvalue weighted by molar-refractivity contribution is 5.81. The summed E-state index contributed by atoms with van der Waals surface area (Å²) >= 11 is 0. The molecule has 0 aromatic rings. The van der Waals surface area contributed by atoms with Crippen LogP contribution in [0.15, 0.2) is 0 Å². The fourth-order valence-corrected chi connectivity index (χ4v) is 4.53. The molecule has 3 aliphatic rings. The first-order valence-corrected chi connectivity index (χ1v) is 11.5. The Hall–Kier alpha value is -0.980. The van der Waals surface area contributed by atoms with Crippen LogP contribution in [0, 0.1) is 11.8 Å². The highest BCUT2D eigenvalue weighted by Crippen LogP contribution is 2.31. The molecule has 1 saturated carbocycles. The van der Waals surface area contributed by atoms with Gasteiger partial charge in [0.15, 0.2) is 0 Å². The number of Topliss-reactive ketones (excluding diaryl/α,β-unsaturated/α-hetero) is 1. The molecule has 1 amide bonds. The Morgan fingerprint density at radius 2 is 1.46 bits per heavy atom. The van der Waals surface area contributed by atoms with E-state index in [9.17, 15) is 9.59 Å². The van der Waals surface area contributed by atoms with Gasteiger partial charge >= 0.3 is 0 Å². The normalized spacial score (nSPS) is 27.0. The van der Waals surface area contributed by atoms with Gasteiger partial charge in [-0.05, 0) is 45.4 Å². The molecule has 28 heavy (non-hydrogen) atoms. The van der Waals surface area contributed by atoms with Crippen molar-refractivity contribution in [2.24, 2.45) is 11.8 Å². The molecule has 0 spiro atoms. The van der Waals surface area contributed by atoms with Crippen molar-refractivity contribution in [3.8, 4) is 0 Å². The Morgan fingerprint density at radius 3 is 2.04 bits per heavy atom. The Kier molecular flexibility index (Phi) is 10.4. The molecule has 2 aliphatic heterocycles. The van der Waals surface area contributed by atoms with Gasteiger partial charge in [0, 0.05) is 57.6 Å². The van der Waals surface area contributed by atoms with Crippen LogP contribution in [-0.4, -0.2) is 80.0 Å². The zero-order valence-corrected chi connectivity index (χ0v) is 18.3. The fraction of sp³-hybridized carbons (Fsp3) is 0.909. The first kappa shape index (κ1) is 23.3. The smallest absolute Gasteiger partial charge is 0.225 e. The van der Waals surface area contributed by atoms with Gasteiger partial charge in [-0.3, -0.25) is 14.5 Å². The van der Waals surface area contributed by atoms with E-state index >= 15 is 0 Å². The van der Waals surface area contributed by atoms with Crippen LogP contribution in [-0.2, 0) is 14.3 Å². The minimum absolute atomic E-state index is 0.135. The van der Waals surface area contributed by atoms with Crippen LogP contribution < -0.4 is 5.32 Å². The maximum Gasteiger partial charge on any atom is 0.225 e. The van der Waals surface area contributed by atoms with Gasteiger partial charge in [-0.15, -0.1) is 0 Å². The lowest BCUT2D eigenvalue weighted by Crippen LogP contribution is -2.46. The number of amides is 1. The molecule has 0 aromatic carbocycles. The maximum atomic E-state index is 12.7. The van der Waals surface area contributed by atoms with Crippen LogP contribution in [0.1, 0.15) is 59.3 Å². The van der Waals surface area contributed by atoms with Crippen molar-refractivity contribution in [3.05, 3.63) is 0 Å². The first-order chi connectivity index (χ1) is 13.6. The second-order valence-electron chi connectivity index (χ2n) is 8.15. The number of likely N-dealkylation sites (tertiary alicyclic amines) is 1. The molecule has 1 aliphatic carbocycles. The third kappa shape index (κ3) is 7.12. The van der Waals surface area contributed by atoms with Crippen molar-refractivity contribution in [2.45, 2.75) is 65.4 Å². The summed E-state index contributed by atoms with van der Waals surface area (Å²) in [5.74, 6) is 0.922. The summed E-state index contributed by atoms with van der Waals surface area (Å²) < 4.78 is 6.06. The van der Waals surface area contributed by atoms with Crippen LogP contribution in [0.3, 0.4) is 0 Å². The quantitative estimate of drug-likeness (QED) is 0.748. The second kappa shape index (κ2) is 12.6. The molecule has 162 valence electrons. The van der Waals surface area contributed by atoms with E-state index in [-0.39, 0.29) is 17.6 Å². The molecular formula is C22H41N3O3. The number of carbonyl (C=O) groups is 2. The third-order valence-electron chi connectivity index (χ3n) is 6.38. The van der Waals surface area contributed by atoms with Gasteiger partial charge in [-0.2, -0.15) is 0 Å². The summed E-state index contributed by atoms with van der Waals surface area (Å²) in [7, 11) is 0. The predicted molar refractivity (Wildman–Crippen MR) is 112 cm³/mol. The van der Waals surface area contributed by atoms with Gasteiger partial charge in [-0.1, -0.05) is 13.8 Å². The Morgan fingerprint density at radius 1 is 0.893 bits per heavy atom. The Balaban J connectivity index is 0.00000136. The molecule has 3 rings (SSSR count). The molecule has 6 nitrogen and oxygen atoms in total. The summed E-state index contributed by atoms with van der Waals surface area (Å²) in [5, 5.41) is 3.37. The highest BCUT2D eigenvalue weighted by Gasteiger charge is 2.32. The molecule has 2 heterocycles. The number of piperidine rings is 1. The number of nitrogens with one attached hydrogen (secondary N) is 1. The number of hydrogen-bond donors (Lipinski definition) is 1. The minimum Gasteiger partial charge on any atom is -0.377 e. The summed E-state index contributed by atoms with van der Waals surface area (Å²) in [6.07, 6.45) is 5.74. The van der Waals surface area contributed by atoms with Gasteiger partial charge in [0.2, 0.25) is 5.91 Å². The standard InChI is InChI=1S/C20H35N3O3.C2H6/c1-16(24)17-2-4-18(5-3-17)20(25)23-10-6-19(7-11-23)26-15-14-22-12-8-21-9-13-22;1-2/h17-19,21H,2-15H2,1H3;1-2H3. The molecule has 2 saturated heterocycles. The number of carbonyl (C=O) groups excluding carboxylic acids is 2. The SMILES string of the molecule is CC.CC(=O)C1CCC(C(=O)N2CCC(OCCN3CCNCC3)CC2)CC1. The van der Waals surface area contributed by atoms with Crippen molar-refractivity contribution < 1.29 is 14.3 Å². The maximum absolute atomic E-state index is 12.7. The van der Waals surface area contributed by atoms with Crippen molar-refractivity contribution >= 4 is 11.7 Å². The molecule has 0 atom stereocenters. The third-order valence-corrected chi connectivity index (χ3v) is 6.38. The lowest BCUT2D eigenvalue weighted by atomic mass is 9.79. The van der Waals surface area contributed by atoms with E-state index in [2.05, 4.69) is 10.2 Å². The Bertz CT molecular complexity index is 464. The number of ether oxygens (including phenoxy) is 1. The van der Waals surface area contributed by atoms with Crippen molar-refractivity contribution in [1.29, 1.82) is 0 Å². The molecule has 3 fully saturated rings. The largest absolute Gasteiger partial charge is 0.377 e. The zero-order chi connectivity index (χ0) is 20.4. The van der Waals surface area contributed by atoms with Crippen LogP contribution in [0.5, 0.6) is 0 Å². The number of ketones is 1. The fourth-order valence-electron chi connectivity index (χ4n) is 4.53. The molecule has 0 radical (unpaired) electrons. The lowest BCUT2D eigenvalue weighted by Gasteiger charge is -2.36. The number of rotatable bonds is 6. The van der Waals surface area contributed by atoms with Gasteiger partial charge < -0.3 is 15.0 Å². The molecule has 0 aromatic heterocycles. The lowest BCUT2D eigenvalue weighted by molar-refractivity contribution is -0.140. The van der Waals surface area contributed by atoms with E-state index in [0.29, 0.717) is 12.0 Å². The molecule has 6 heteroatoms. The zero-order valence-electron chi connectivity index (χ0n) is 18.3. The van der Waals surface area contributed by atoms with E-state index in [1.165, 1.54) is 0 Å². The van der Waals surface area contributed by atoms with Gasteiger partial charge in [0.1, 0.15) is 5.78 Å². The van der Waals surface area contributed by atoms with Crippen LogP contribution >= 0.6 is 0 Å². The average molecular weight is 396 g/mol.